The van der Waals surface area contributed by atoms with Gasteiger partial charge in [-0.3, -0.25) is 10.1 Å². The van der Waals surface area contributed by atoms with Crippen molar-refractivity contribution in [3.63, 3.8) is 0 Å². The van der Waals surface area contributed by atoms with Gasteiger partial charge in [-0.15, -0.1) is 0 Å². The van der Waals surface area contributed by atoms with Gasteiger partial charge in [0.2, 0.25) is 0 Å². The van der Waals surface area contributed by atoms with Crippen LogP contribution in [0.4, 0.5) is 5.69 Å². The maximum absolute atomic E-state index is 10.9. The van der Waals surface area contributed by atoms with Crippen LogP contribution in [0.2, 0.25) is 0 Å². The summed E-state index contributed by atoms with van der Waals surface area (Å²) in [6.45, 7) is 5.20. The number of ether oxygens (including phenoxy) is 1. The fraction of sp³-hybridized carbons (Fsp3) is 0.571. The van der Waals surface area contributed by atoms with Crippen LogP contribution in [0, 0.1) is 17.0 Å². The summed E-state index contributed by atoms with van der Waals surface area (Å²) in [5.41, 5.74) is 1.87. The Hall–Kier alpha value is -1.46. The van der Waals surface area contributed by atoms with E-state index in [-0.39, 0.29) is 16.7 Å². The molecular weight excluding hydrogens is 244 g/mol. The molecule has 19 heavy (non-hydrogen) atoms. The molecule has 1 N–H and O–H groups in total. The number of benzene rings is 1. The highest BCUT2D eigenvalue weighted by Gasteiger charge is 2.14. The van der Waals surface area contributed by atoms with Crippen molar-refractivity contribution in [1.29, 1.82) is 0 Å². The van der Waals surface area contributed by atoms with Gasteiger partial charge in [-0.2, -0.15) is 0 Å². The van der Waals surface area contributed by atoms with Crippen molar-refractivity contribution in [3.05, 3.63) is 39.4 Å². The van der Waals surface area contributed by atoms with Gasteiger partial charge in [0.25, 0.3) is 5.69 Å². The standard InChI is InChI=1S/C14H22N2O3/c1-4-6-13(10-19-3)15-9-12-7-5-8-14(11(12)2)16(17)18/h5,7-8,13,15H,4,6,9-10H2,1-3H3. The topological polar surface area (TPSA) is 64.4 Å². The predicted molar refractivity (Wildman–Crippen MR) is 75.2 cm³/mol. The van der Waals surface area contributed by atoms with Crippen LogP contribution in [0.15, 0.2) is 18.2 Å². The lowest BCUT2D eigenvalue weighted by Crippen LogP contribution is -2.32. The van der Waals surface area contributed by atoms with Crippen LogP contribution in [0.3, 0.4) is 0 Å². The Morgan fingerprint density at radius 3 is 2.79 bits per heavy atom. The third-order valence-electron chi connectivity index (χ3n) is 3.20. The Bertz CT molecular complexity index is 415. The van der Waals surface area contributed by atoms with Gasteiger partial charge in [0.05, 0.1) is 11.5 Å². The first-order valence-corrected chi connectivity index (χ1v) is 6.55. The molecule has 106 valence electrons. The minimum atomic E-state index is -0.336. The highest BCUT2D eigenvalue weighted by atomic mass is 16.6. The minimum absolute atomic E-state index is 0.179. The first kappa shape index (κ1) is 15.6. The Morgan fingerprint density at radius 2 is 2.21 bits per heavy atom. The van der Waals surface area contributed by atoms with E-state index in [1.807, 2.05) is 6.07 Å². The van der Waals surface area contributed by atoms with Crippen molar-refractivity contribution in [2.24, 2.45) is 0 Å². The summed E-state index contributed by atoms with van der Waals surface area (Å²) in [5.74, 6) is 0. The Labute approximate surface area is 114 Å². The quantitative estimate of drug-likeness (QED) is 0.580. The fourth-order valence-electron chi connectivity index (χ4n) is 2.11. The zero-order chi connectivity index (χ0) is 14.3. The molecule has 5 heteroatoms. The van der Waals surface area contributed by atoms with Gasteiger partial charge in [-0.05, 0) is 18.9 Å². The summed E-state index contributed by atoms with van der Waals surface area (Å²) in [5, 5.41) is 14.3. The van der Waals surface area contributed by atoms with Crippen LogP contribution in [0.5, 0.6) is 0 Å². The average molecular weight is 266 g/mol. The molecule has 0 bridgehead atoms. The maximum atomic E-state index is 10.9. The molecule has 1 atom stereocenters. The number of nitro benzene ring substituents is 1. The lowest BCUT2D eigenvalue weighted by molar-refractivity contribution is -0.385. The van der Waals surface area contributed by atoms with Gasteiger partial charge in [0, 0.05) is 31.3 Å². The van der Waals surface area contributed by atoms with Gasteiger partial charge in [-0.25, -0.2) is 0 Å². The van der Waals surface area contributed by atoms with E-state index in [0.717, 1.165) is 24.0 Å². The zero-order valence-corrected chi connectivity index (χ0v) is 11.8. The Balaban J connectivity index is 2.71. The number of methoxy groups -OCH3 is 1. The van der Waals surface area contributed by atoms with E-state index in [4.69, 9.17) is 4.74 Å². The molecule has 0 fully saturated rings. The van der Waals surface area contributed by atoms with Gasteiger partial charge in [0.15, 0.2) is 0 Å². The molecule has 5 nitrogen and oxygen atoms in total. The molecule has 0 saturated heterocycles. The molecule has 0 radical (unpaired) electrons. The molecule has 0 aliphatic carbocycles. The molecule has 0 spiro atoms. The lowest BCUT2D eigenvalue weighted by atomic mass is 10.1. The van der Waals surface area contributed by atoms with Crippen molar-refractivity contribution < 1.29 is 9.66 Å². The second-order valence-electron chi connectivity index (χ2n) is 4.64. The molecule has 1 unspecified atom stereocenters. The predicted octanol–water partition coefficient (Wildman–Crippen LogP) is 2.81. The summed E-state index contributed by atoms with van der Waals surface area (Å²) in [6.07, 6.45) is 2.11. The molecule has 1 aromatic rings. The molecule has 0 aliphatic rings. The summed E-state index contributed by atoms with van der Waals surface area (Å²) in [7, 11) is 1.68. The first-order chi connectivity index (χ1) is 9.10. The fourth-order valence-corrected chi connectivity index (χ4v) is 2.11. The number of nitro groups is 1. The molecule has 0 saturated carbocycles. The molecule has 0 aliphatic heterocycles. The average Bonchev–Trinajstić information content (AvgIpc) is 2.37. The number of nitrogens with one attached hydrogen (secondary N) is 1. The summed E-state index contributed by atoms with van der Waals surface area (Å²) in [6, 6.07) is 5.48. The normalized spacial score (nSPS) is 12.4. The van der Waals surface area contributed by atoms with Crippen LogP contribution in [0.1, 0.15) is 30.9 Å². The van der Waals surface area contributed by atoms with E-state index in [0.29, 0.717) is 13.2 Å². The summed E-state index contributed by atoms with van der Waals surface area (Å²) >= 11 is 0. The maximum Gasteiger partial charge on any atom is 0.272 e. The number of nitrogens with zero attached hydrogens (tertiary/aromatic N) is 1. The summed E-state index contributed by atoms with van der Waals surface area (Å²) in [4.78, 5) is 10.5. The molecule has 1 aromatic carbocycles. The zero-order valence-electron chi connectivity index (χ0n) is 11.8. The monoisotopic (exact) mass is 266 g/mol. The molecular formula is C14H22N2O3. The lowest BCUT2D eigenvalue weighted by Gasteiger charge is -2.17. The van der Waals surface area contributed by atoms with Gasteiger partial charge in [-0.1, -0.05) is 25.5 Å². The number of rotatable bonds is 8. The van der Waals surface area contributed by atoms with E-state index in [1.165, 1.54) is 6.07 Å². The molecule has 0 aromatic heterocycles. The van der Waals surface area contributed by atoms with E-state index in [9.17, 15) is 10.1 Å². The van der Waals surface area contributed by atoms with E-state index in [2.05, 4.69) is 12.2 Å². The molecule has 0 heterocycles. The Morgan fingerprint density at radius 1 is 1.47 bits per heavy atom. The van der Waals surface area contributed by atoms with Gasteiger partial charge < -0.3 is 10.1 Å². The van der Waals surface area contributed by atoms with E-state index in [1.54, 1.807) is 20.1 Å². The smallest absolute Gasteiger partial charge is 0.272 e. The van der Waals surface area contributed by atoms with E-state index >= 15 is 0 Å². The van der Waals surface area contributed by atoms with Crippen molar-refractivity contribution >= 4 is 5.69 Å². The van der Waals surface area contributed by atoms with Crippen LogP contribution in [0.25, 0.3) is 0 Å². The van der Waals surface area contributed by atoms with Gasteiger partial charge >= 0.3 is 0 Å². The van der Waals surface area contributed by atoms with Crippen molar-refractivity contribution in [2.45, 2.75) is 39.3 Å². The molecule has 0 amide bonds. The van der Waals surface area contributed by atoms with Crippen molar-refractivity contribution in [1.82, 2.24) is 5.32 Å². The highest BCUT2D eigenvalue weighted by Crippen LogP contribution is 2.21. The van der Waals surface area contributed by atoms with Crippen LogP contribution < -0.4 is 5.32 Å². The highest BCUT2D eigenvalue weighted by molar-refractivity contribution is 5.44. The second kappa shape index (κ2) is 7.86. The van der Waals surface area contributed by atoms with Crippen molar-refractivity contribution in [3.8, 4) is 0 Å². The van der Waals surface area contributed by atoms with Crippen LogP contribution in [-0.4, -0.2) is 24.7 Å². The second-order valence-corrected chi connectivity index (χ2v) is 4.64. The van der Waals surface area contributed by atoms with Crippen LogP contribution >= 0.6 is 0 Å². The third-order valence-corrected chi connectivity index (χ3v) is 3.20. The van der Waals surface area contributed by atoms with Crippen molar-refractivity contribution in [2.75, 3.05) is 13.7 Å². The largest absolute Gasteiger partial charge is 0.383 e. The third kappa shape index (κ3) is 4.61. The number of hydrogen-bond donors (Lipinski definition) is 1. The van der Waals surface area contributed by atoms with Gasteiger partial charge in [0.1, 0.15) is 0 Å². The van der Waals surface area contributed by atoms with E-state index < -0.39 is 0 Å². The minimum Gasteiger partial charge on any atom is -0.383 e. The Kier molecular flexibility index (Phi) is 6.45. The molecule has 1 rings (SSSR count). The SMILES string of the molecule is CCCC(COC)NCc1cccc([N+](=O)[O-])c1C. The van der Waals surface area contributed by atoms with Crippen LogP contribution in [-0.2, 0) is 11.3 Å². The first-order valence-electron chi connectivity index (χ1n) is 6.55. The number of hydrogen-bond acceptors (Lipinski definition) is 4. The summed E-state index contributed by atoms with van der Waals surface area (Å²) < 4.78 is 5.17.